The van der Waals surface area contributed by atoms with Crippen molar-refractivity contribution in [3.8, 4) is 11.5 Å². The molecule has 0 amide bonds. The Kier molecular flexibility index (Phi) is 6.70. The van der Waals surface area contributed by atoms with E-state index in [-0.39, 0.29) is 19.8 Å². The van der Waals surface area contributed by atoms with Gasteiger partial charge in [0, 0.05) is 11.0 Å². The zero-order valence-corrected chi connectivity index (χ0v) is 13.1. The molecular weight excluding hydrogens is 330 g/mol. The number of halogens is 1. The van der Waals surface area contributed by atoms with Gasteiger partial charge in [-0.15, -0.1) is 0 Å². The highest BCUT2D eigenvalue weighted by Crippen LogP contribution is 2.33. The lowest BCUT2D eigenvalue weighted by molar-refractivity contribution is 0.0413. The second-order valence-corrected chi connectivity index (χ2v) is 5.26. The third-order valence-electron chi connectivity index (χ3n) is 3.11. The molecule has 1 aromatic rings. The van der Waals surface area contributed by atoms with Crippen LogP contribution in [0.1, 0.15) is 5.56 Å². The van der Waals surface area contributed by atoms with Crippen molar-refractivity contribution in [3.05, 3.63) is 22.2 Å². The fourth-order valence-corrected chi connectivity index (χ4v) is 2.09. The second kappa shape index (κ2) is 7.80. The van der Waals surface area contributed by atoms with E-state index in [1.807, 2.05) is 0 Å². The molecule has 114 valence electrons. The fourth-order valence-electron chi connectivity index (χ4n) is 1.63. The maximum Gasteiger partial charge on any atom is 0.161 e. The van der Waals surface area contributed by atoms with Crippen molar-refractivity contribution in [2.24, 2.45) is 0 Å². The summed E-state index contributed by atoms with van der Waals surface area (Å²) in [6, 6.07) is 3.56. The summed E-state index contributed by atoms with van der Waals surface area (Å²) in [6.07, 6.45) is 0. The number of rotatable bonds is 8. The summed E-state index contributed by atoms with van der Waals surface area (Å²) < 4.78 is 11.2. The van der Waals surface area contributed by atoms with E-state index in [9.17, 15) is 15.3 Å². The summed E-state index contributed by atoms with van der Waals surface area (Å²) in [5.74, 6) is 1.18. The maximum atomic E-state index is 9.27. The summed E-state index contributed by atoms with van der Waals surface area (Å²) in [7, 11) is 3.10. The van der Waals surface area contributed by atoms with Crippen LogP contribution in [-0.2, 0) is 6.54 Å². The minimum Gasteiger partial charge on any atom is -0.493 e. The summed E-state index contributed by atoms with van der Waals surface area (Å²) in [6.45, 7) is -0.774. The van der Waals surface area contributed by atoms with Crippen LogP contribution in [-0.4, -0.2) is 54.9 Å². The lowest BCUT2D eigenvalue weighted by Gasteiger charge is -2.29. The lowest BCUT2D eigenvalue weighted by atomic mass is 10.0. The van der Waals surface area contributed by atoms with Gasteiger partial charge in [0.15, 0.2) is 11.5 Å². The van der Waals surface area contributed by atoms with Crippen LogP contribution < -0.4 is 14.8 Å². The monoisotopic (exact) mass is 349 g/mol. The van der Waals surface area contributed by atoms with E-state index in [1.54, 1.807) is 26.4 Å². The van der Waals surface area contributed by atoms with E-state index < -0.39 is 5.54 Å². The number of methoxy groups -OCH3 is 2. The molecule has 6 nitrogen and oxygen atoms in total. The number of hydrogen-bond acceptors (Lipinski definition) is 6. The first kappa shape index (κ1) is 17.2. The minimum absolute atomic E-state index is 0.336. The minimum atomic E-state index is -1.12. The Labute approximate surface area is 126 Å². The Morgan fingerprint density at radius 1 is 1.05 bits per heavy atom. The first-order chi connectivity index (χ1) is 9.55. The molecule has 0 spiro atoms. The highest BCUT2D eigenvalue weighted by atomic mass is 79.9. The first-order valence-corrected chi connectivity index (χ1v) is 6.83. The number of ether oxygens (including phenoxy) is 2. The van der Waals surface area contributed by atoms with E-state index in [1.165, 1.54) is 0 Å². The predicted octanol–water partition coefficient (Wildman–Crippen LogP) is 0.272. The molecule has 4 N–H and O–H groups in total. The van der Waals surface area contributed by atoms with Gasteiger partial charge >= 0.3 is 0 Å². The van der Waals surface area contributed by atoms with Gasteiger partial charge in [0.2, 0.25) is 0 Å². The van der Waals surface area contributed by atoms with Crippen molar-refractivity contribution in [2.75, 3.05) is 34.0 Å². The van der Waals surface area contributed by atoms with Crippen molar-refractivity contribution < 1.29 is 24.8 Å². The van der Waals surface area contributed by atoms with Gasteiger partial charge in [0.25, 0.3) is 0 Å². The van der Waals surface area contributed by atoms with Crippen LogP contribution in [0.4, 0.5) is 0 Å². The van der Waals surface area contributed by atoms with Gasteiger partial charge in [-0.1, -0.05) is 15.9 Å². The molecule has 0 aliphatic heterocycles. The summed E-state index contributed by atoms with van der Waals surface area (Å²) in [5, 5.41) is 30.8. The Morgan fingerprint density at radius 3 is 2.00 bits per heavy atom. The second-order valence-electron chi connectivity index (χ2n) is 4.41. The lowest BCUT2D eigenvalue weighted by Crippen LogP contribution is -2.54. The molecule has 0 radical (unpaired) electrons. The standard InChI is InChI=1S/C13H20BrNO5/c1-19-11-3-9(10(14)4-12(11)20-2)5-15-13(6-16,7-17)8-18/h3-4,15-18H,5-8H2,1-2H3. The molecule has 20 heavy (non-hydrogen) atoms. The van der Waals surface area contributed by atoms with Gasteiger partial charge < -0.3 is 30.1 Å². The molecular formula is C13H20BrNO5. The van der Waals surface area contributed by atoms with Gasteiger partial charge in [-0.25, -0.2) is 0 Å². The quantitative estimate of drug-likeness (QED) is 0.538. The van der Waals surface area contributed by atoms with Gasteiger partial charge in [-0.3, -0.25) is 0 Å². The molecule has 0 heterocycles. The molecule has 7 heteroatoms. The van der Waals surface area contributed by atoms with E-state index in [0.29, 0.717) is 18.0 Å². The Bertz CT molecular complexity index is 429. The molecule has 0 saturated heterocycles. The highest BCUT2D eigenvalue weighted by Gasteiger charge is 2.27. The molecule has 0 atom stereocenters. The van der Waals surface area contributed by atoms with Crippen molar-refractivity contribution in [3.63, 3.8) is 0 Å². The molecule has 1 rings (SSSR count). The first-order valence-electron chi connectivity index (χ1n) is 6.03. The van der Waals surface area contributed by atoms with E-state index in [0.717, 1.165) is 10.0 Å². The van der Waals surface area contributed by atoms with E-state index >= 15 is 0 Å². The van der Waals surface area contributed by atoms with Crippen molar-refractivity contribution in [1.29, 1.82) is 0 Å². The van der Waals surface area contributed by atoms with Crippen LogP contribution in [0.25, 0.3) is 0 Å². The van der Waals surface area contributed by atoms with Gasteiger partial charge in [-0.2, -0.15) is 0 Å². The van der Waals surface area contributed by atoms with Crippen LogP contribution in [0.3, 0.4) is 0 Å². The van der Waals surface area contributed by atoms with Gasteiger partial charge in [0.1, 0.15) is 0 Å². The molecule has 0 bridgehead atoms. The van der Waals surface area contributed by atoms with E-state index in [2.05, 4.69) is 21.2 Å². The molecule has 1 aromatic carbocycles. The van der Waals surface area contributed by atoms with Gasteiger partial charge in [-0.05, 0) is 17.7 Å². The largest absolute Gasteiger partial charge is 0.493 e. The van der Waals surface area contributed by atoms with Gasteiger partial charge in [0.05, 0.1) is 39.6 Å². The Morgan fingerprint density at radius 2 is 1.55 bits per heavy atom. The van der Waals surface area contributed by atoms with Crippen molar-refractivity contribution in [1.82, 2.24) is 5.32 Å². The smallest absolute Gasteiger partial charge is 0.161 e. The van der Waals surface area contributed by atoms with Crippen LogP contribution in [0.5, 0.6) is 11.5 Å². The van der Waals surface area contributed by atoms with Crippen LogP contribution in [0.2, 0.25) is 0 Å². The number of benzene rings is 1. The summed E-state index contributed by atoms with van der Waals surface area (Å²) >= 11 is 3.42. The number of aliphatic hydroxyl groups excluding tert-OH is 3. The highest BCUT2D eigenvalue weighted by molar-refractivity contribution is 9.10. The fraction of sp³-hybridized carbons (Fsp3) is 0.538. The maximum absolute atomic E-state index is 9.27. The predicted molar refractivity (Wildman–Crippen MR) is 78.1 cm³/mol. The number of aliphatic hydroxyl groups is 3. The molecule has 0 aliphatic rings. The normalized spacial score (nSPS) is 11.5. The van der Waals surface area contributed by atoms with Crippen molar-refractivity contribution >= 4 is 15.9 Å². The Balaban J connectivity index is 2.92. The number of nitrogens with one attached hydrogen (secondary N) is 1. The Hall–Kier alpha value is -0.860. The third-order valence-corrected chi connectivity index (χ3v) is 3.85. The molecule has 0 fully saturated rings. The molecule has 0 unspecified atom stereocenters. The SMILES string of the molecule is COc1cc(Br)c(CNC(CO)(CO)CO)cc1OC. The van der Waals surface area contributed by atoms with E-state index in [4.69, 9.17) is 9.47 Å². The zero-order chi connectivity index (χ0) is 15.2. The average Bonchev–Trinajstić information content (AvgIpc) is 2.49. The van der Waals surface area contributed by atoms with Crippen molar-refractivity contribution in [2.45, 2.75) is 12.1 Å². The average molecular weight is 350 g/mol. The summed E-state index contributed by atoms with van der Waals surface area (Å²) in [5.41, 5.74) is -0.269. The summed E-state index contributed by atoms with van der Waals surface area (Å²) in [4.78, 5) is 0. The zero-order valence-electron chi connectivity index (χ0n) is 11.5. The molecule has 0 aliphatic carbocycles. The molecule has 0 saturated carbocycles. The topological polar surface area (TPSA) is 91.2 Å². The number of hydrogen-bond donors (Lipinski definition) is 4. The van der Waals surface area contributed by atoms with Crippen LogP contribution >= 0.6 is 15.9 Å². The van der Waals surface area contributed by atoms with Crippen LogP contribution in [0, 0.1) is 0 Å². The molecule has 0 aromatic heterocycles. The van der Waals surface area contributed by atoms with Crippen LogP contribution in [0.15, 0.2) is 16.6 Å². The third kappa shape index (κ3) is 3.83.